The molecule has 0 unspecified atom stereocenters. The van der Waals surface area contributed by atoms with Crippen molar-refractivity contribution in [2.75, 3.05) is 18.2 Å². The van der Waals surface area contributed by atoms with E-state index in [1.54, 1.807) is 42.7 Å². The lowest BCUT2D eigenvalue weighted by Crippen LogP contribution is -2.15. The summed E-state index contributed by atoms with van der Waals surface area (Å²) in [6, 6.07) is 17.9. The lowest BCUT2D eigenvalue weighted by atomic mass is 10.2. The Labute approximate surface area is 204 Å². The Bertz CT molecular complexity index is 1300. The number of anilines is 1. The van der Waals surface area contributed by atoms with Crippen LogP contribution in [-0.2, 0) is 4.79 Å². The van der Waals surface area contributed by atoms with Gasteiger partial charge in [-0.3, -0.25) is 9.59 Å². The fourth-order valence-electron chi connectivity index (χ4n) is 3.06. The van der Waals surface area contributed by atoms with Crippen molar-refractivity contribution in [1.29, 1.82) is 0 Å². The summed E-state index contributed by atoms with van der Waals surface area (Å²) in [5, 5.41) is 12.9. The summed E-state index contributed by atoms with van der Waals surface area (Å²) in [7, 11) is 1.64. The number of hydrogen-bond acceptors (Lipinski definition) is 8. The predicted octanol–water partition coefficient (Wildman–Crippen LogP) is 4.41. The lowest BCUT2D eigenvalue weighted by Gasteiger charge is -2.05. The van der Waals surface area contributed by atoms with Gasteiger partial charge in [0.25, 0.3) is 0 Å². The molecule has 0 atom stereocenters. The van der Waals surface area contributed by atoms with Crippen molar-refractivity contribution in [2.24, 2.45) is 5.73 Å². The number of thioether (sulfide) groups is 1. The molecule has 0 radical (unpaired) electrons. The second-order valence-electron chi connectivity index (χ2n) is 7.20. The molecule has 0 aliphatic carbocycles. The van der Waals surface area contributed by atoms with Gasteiger partial charge in [-0.2, -0.15) is 0 Å². The molecule has 10 heteroatoms. The van der Waals surface area contributed by atoms with Crippen molar-refractivity contribution >= 4 is 40.6 Å². The van der Waals surface area contributed by atoms with Crippen molar-refractivity contribution in [3.63, 3.8) is 0 Å². The highest BCUT2D eigenvalue weighted by molar-refractivity contribution is 7.99. The van der Waals surface area contributed by atoms with E-state index in [4.69, 9.17) is 10.5 Å². The summed E-state index contributed by atoms with van der Waals surface area (Å²) >= 11 is 2.84. The number of aromatic nitrogens is 3. The third-order valence-corrected chi connectivity index (χ3v) is 6.96. The van der Waals surface area contributed by atoms with Crippen LogP contribution in [-0.4, -0.2) is 39.9 Å². The first-order valence-electron chi connectivity index (χ1n) is 10.2. The van der Waals surface area contributed by atoms with Gasteiger partial charge in [-0.05, 0) is 67.6 Å². The number of primary amides is 1. The third-order valence-electron chi connectivity index (χ3n) is 4.81. The second-order valence-corrected chi connectivity index (χ2v) is 9.19. The first-order chi connectivity index (χ1) is 16.4. The van der Waals surface area contributed by atoms with Crippen molar-refractivity contribution in [2.45, 2.75) is 11.9 Å². The molecule has 4 aromatic rings. The summed E-state index contributed by atoms with van der Waals surface area (Å²) in [4.78, 5) is 29.0. The summed E-state index contributed by atoms with van der Waals surface area (Å²) < 4.78 is 5.21. The SMILES string of the molecule is COc1ccc(-c2nc(C)c(-c3ccc(SCC(=O)Nc4ccc(C(N)=O)cc4)nn3)s2)cc1. The van der Waals surface area contributed by atoms with Crippen LogP contribution in [0.1, 0.15) is 16.1 Å². The summed E-state index contributed by atoms with van der Waals surface area (Å²) in [6.07, 6.45) is 0. The Balaban J connectivity index is 1.37. The minimum Gasteiger partial charge on any atom is -0.497 e. The normalized spacial score (nSPS) is 10.6. The van der Waals surface area contributed by atoms with E-state index in [9.17, 15) is 9.59 Å². The summed E-state index contributed by atoms with van der Waals surface area (Å²) in [5.41, 5.74) is 8.82. The zero-order valence-corrected chi connectivity index (χ0v) is 20.1. The molecule has 2 amide bonds. The van der Waals surface area contributed by atoms with Crippen LogP contribution in [0.15, 0.2) is 65.7 Å². The fraction of sp³-hybridized carbons (Fsp3) is 0.125. The van der Waals surface area contributed by atoms with E-state index in [1.807, 2.05) is 43.3 Å². The zero-order valence-electron chi connectivity index (χ0n) is 18.4. The van der Waals surface area contributed by atoms with Crippen LogP contribution in [0, 0.1) is 6.92 Å². The summed E-state index contributed by atoms with van der Waals surface area (Å²) in [6.45, 7) is 1.95. The van der Waals surface area contributed by atoms with Gasteiger partial charge in [0.15, 0.2) is 0 Å². The van der Waals surface area contributed by atoms with Crippen LogP contribution in [0.4, 0.5) is 5.69 Å². The van der Waals surface area contributed by atoms with Crippen LogP contribution in [0.3, 0.4) is 0 Å². The van der Waals surface area contributed by atoms with Crippen molar-refractivity contribution < 1.29 is 14.3 Å². The molecule has 0 aliphatic heterocycles. The van der Waals surface area contributed by atoms with Gasteiger partial charge in [0.2, 0.25) is 11.8 Å². The van der Waals surface area contributed by atoms with E-state index >= 15 is 0 Å². The van der Waals surface area contributed by atoms with E-state index in [0.717, 1.165) is 32.6 Å². The number of aryl methyl sites for hydroxylation is 1. The van der Waals surface area contributed by atoms with Gasteiger partial charge in [-0.15, -0.1) is 21.5 Å². The molecule has 2 aromatic carbocycles. The first-order valence-corrected chi connectivity index (χ1v) is 12.0. The van der Waals surface area contributed by atoms with Crippen LogP contribution in [0.5, 0.6) is 5.75 Å². The number of nitrogens with one attached hydrogen (secondary N) is 1. The number of thiazole rings is 1. The fourth-order valence-corrected chi connectivity index (χ4v) is 4.71. The van der Waals surface area contributed by atoms with Crippen LogP contribution < -0.4 is 15.8 Å². The zero-order chi connectivity index (χ0) is 24.1. The van der Waals surface area contributed by atoms with Gasteiger partial charge in [0.1, 0.15) is 21.5 Å². The smallest absolute Gasteiger partial charge is 0.248 e. The highest BCUT2D eigenvalue weighted by Crippen LogP contribution is 2.35. The van der Waals surface area contributed by atoms with Gasteiger partial charge in [0.05, 0.1) is 23.4 Å². The maximum absolute atomic E-state index is 12.2. The molecule has 8 nitrogen and oxygen atoms in total. The molecule has 2 aromatic heterocycles. The van der Waals surface area contributed by atoms with E-state index in [-0.39, 0.29) is 11.7 Å². The second kappa shape index (κ2) is 10.4. The van der Waals surface area contributed by atoms with Gasteiger partial charge >= 0.3 is 0 Å². The average molecular weight is 492 g/mol. The molecule has 0 aliphatic rings. The standard InChI is InChI=1S/C24H21N5O3S2/c1-14-22(34-24(26-14)16-5-9-18(32-2)10-6-16)19-11-12-21(29-28-19)33-13-20(30)27-17-7-3-15(4-8-17)23(25)31/h3-12H,13H2,1-2H3,(H2,25,31)(H,27,30). The number of nitrogens with two attached hydrogens (primary N) is 1. The quantitative estimate of drug-likeness (QED) is 0.350. The van der Waals surface area contributed by atoms with Gasteiger partial charge in [0, 0.05) is 16.8 Å². The highest BCUT2D eigenvalue weighted by atomic mass is 32.2. The van der Waals surface area contributed by atoms with Crippen LogP contribution in [0.2, 0.25) is 0 Å². The Morgan fingerprint density at radius 1 is 1.03 bits per heavy atom. The van der Waals surface area contributed by atoms with E-state index in [1.165, 1.54) is 11.8 Å². The molecular weight excluding hydrogens is 470 g/mol. The van der Waals surface area contributed by atoms with Gasteiger partial charge in [-0.1, -0.05) is 11.8 Å². The topological polar surface area (TPSA) is 120 Å². The minimum absolute atomic E-state index is 0.173. The lowest BCUT2D eigenvalue weighted by molar-refractivity contribution is -0.113. The van der Waals surface area contributed by atoms with Crippen molar-refractivity contribution in [3.8, 4) is 26.9 Å². The van der Waals surface area contributed by atoms with E-state index in [0.29, 0.717) is 16.3 Å². The number of methoxy groups -OCH3 is 1. The maximum Gasteiger partial charge on any atom is 0.248 e. The van der Waals surface area contributed by atoms with Crippen molar-refractivity contribution in [3.05, 3.63) is 71.9 Å². The Morgan fingerprint density at radius 3 is 2.38 bits per heavy atom. The number of carbonyl (C=O) groups excluding carboxylic acids is 2. The Morgan fingerprint density at radius 2 is 1.76 bits per heavy atom. The molecule has 0 saturated heterocycles. The number of benzene rings is 2. The number of rotatable bonds is 8. The molecule has 172 valence electrons. The molecule has 2 heterocycles. The van der Waals surface area contributed by atoms with Crippen molar-refractivity contribution in [1.82, 2.24) is 15.2 Å². The Kier molecular flexibility index (Phi) is 7.19. The van der Waals surface area contributed by atoms with E-state index in [2.05, 4.69) is 20.5 Å². The van der Waals surface area contributed by atoms with E-state index < -0.39 is 5.91 Å². The van der Waals surface area contributed by atoms with Gasteiger partial charge < -0.3 is 15.8 Å². The molecule has 0 spiro atoms. The molecule has 0 fully saturated rings. The molecule has 0 bridgehead atoms. The largest absolute Gasteiger partial charge is 0.497 e. The minimum atomic E-state index is -0.513. The maximum atomic E-state index is 12.2. The Hall–Kier alpha value is -3.76. The number of amides is 2. The molecule has 4 rings (SSSR count). The van der Waals surface area contributed by atoms with Crippen LogP contribution >= 0.6 is 23.1 Å². The highest BCUT2D eigenvalue weighted by Gasteiger charge is 2.14. The number of carbonyl (C=O) groups is 2. The summed E-state index contributed by atoms with van der Waals surface area (Å²) in [5.74, 6) is 0.268. The molecule has 0 saturated carbocycles. The van der Waals surface area contributed by atoms with Crippen LogP contribution in [0.25, 0.3) is 21.1 Å². The molecule has 34 heavy (non-hydrogen) atoms. The third kappa shape index (κ3) is 5.59. The molecule has 3 N–H and O–H groups in total. The average Bonchev–Trinajstić information content (AvgIpc) is 3.25. The van der Waals surface area contributed by atoms with Gasteiger partial charge in [-0.25, -0.2) is 4.98 Å². The molecular formula is C24H21N5O3S2. The number of nitrogens with zero attached hydrogens (tertiary/aromatic N) is 3. The number of hydrogen-bond donors (Lipinski definition) is 2. The first kappa shape index (κ1) is 23.4. The monoisotopic (exact) mass is 491 g/mol. The number of ether oxygens (including phenoxy) is 1. The predicted molar refractivity (Wildman–Crippen MR) is 134 cm³/mol.